The highest BCUT2D eigenvalue weighted by molar-refractivity contribution is 7.22. The summed E-state index contributed by atoms with van der Waals surface area (Å²) in [5.74, 6) is -1.24. The predicted molar refractivity (Wildman–Crippen MR) is 136 cm³/mol. The highest BCUT2D eigenvalue weighted by Gasteiger charge is 2.48. The lowest BCUT2D eigenvalue weighted by Crippen LogP contribution is -2.29. The molecule has 0 aliphatic carbocycles. The number of aromatic nitrogens is 1. The molecule has 0 bridgehead atoms. The van der Waals surface area contributed by atoms with Gasteiger partial charge in [0, 0.05) is 5.56 Å². The number of thiazole rings is 1. The molecule has 1 atom stereocenters. The van der Waals surface area contributed by atoms with E-state index in [1.807, 2.05) is 67.6 Å². The molecule has 2 heterocycles. The third-order valence-electron chi connectivity index (χ3n) is 6.18. The number of benzene rings is 3. The fourth-order valence-electron chi connectivity index (χ4n) is 4.24. The zero-order valence-electron chi connectivity index (χ0n) is 19.1. The predicted octanol–water partition coefficient (Wildman–Crippen LogP) is 6.35. The number of aryl methyl sites for hydroxylation is 1. The van der Waals surface area contributed by atoms with Gasteiger partial charge in [0.1, 0.15) is 5.76 Å². The Labute approximate surface area is 202 Å². The van der Waals surface area contributed by atoms with Crippen molar-refractivity contribution in [3.8, 4) is 0 Å². The van der Waals surface area contributed by atoms with Crippen LogP contribution in [0.5, 0.6) is 0 Å². The van der Waals surface area contributed by atoms with Gasteiger partial charge in [-0.05, 0) is 36.1 Å². The van der Waals surface area contributed by atoms with Crippen molar-refractivity contribution in [2.24, 2.45) is 0 Å². The standard InChI is InChI=1S/C28H24N2O3S/c1-16(2)18-12-14-19(15-13-18)24-23(25(31)20-10-8-17(3)9-11-20)26(32)27(33)30(24)28-29-21-6-4-5-7-22(21)34-28/h4-16,24,31H,1-3H3/b25-23+/t24-/m0/s1. The molecule has 0 saturated carbocycles. The Balaban J connectivity index is 1.71. The molecule has 1 aliphatic rings. The lowest BCUT2D eigenvalue weighted by Gasteiger charge is -2.23. The number of anilines is 1. The van der Waals surface area contributed by atoms with Gasteiger partial charge in [-0.15, -0.1) is 0 Å². The fourth-order valence-corrected chi connectivity index (χ4v) is 5.23. The molecule has 5 rings (SSSR count). The van der Waals surface area contributed by atoms with Gasteiger partial charge in [0.2, 0.25) is 0 Å². The highest BCUT2D eigenvalue weighted by atomic mass is 32.1. The fraction of sp³-hybridized carbons (Fsp3) is 0.179. The van der Waals surface area contributed by atoms with Crippen LogP contribution in [0, 0.1) is 6.92 Å². The number of hydrogen-bond acceptors (Lipinski definition) is 5. The van der Waals surface area contributed by atoms with E-state index in [-0.39, 0.29) is 11.3 Å². The molecular formula is C28H24N2O3S. The van der Waals surface area contributed by atoms with E-state index in [2.05, 4.69) is 18.8 Å². The summed E-state index contributed by atoms with van der Waals surface area (Å²) in [5, 5.41) is 11.7. The van der Waals surface area contributed by atoms with Crippen molar-refractivity contribution in [1.82, 2.24) is 4.98 Å². The maximum absolute atomic E-state index is 13.3. The van der Waals surface area contributed by atoms with Gasteiger partial charge in [0.25, 0.3) is 5.78 Å². The summed E-state index contributed by atoms with van der Waals surface area (Å²) in [4.78, 5) is 32.7. The number of aliphatic hydroxyl groups is 1. The van der Waals surface area contributed by atoms with Gasteiger partial charge in [0.05, 0.1) is 21.8 Å². The Hall–Kier alpha value is -3.77. The van der Waals surface area contributed by atoms with Gasteiger partial charge >= 0.3 is 5.91 Å². The second kappa shape index (κ2) is 8.54. The number of carbonyl (C=O) groups is 2. The minimum atomic E-state index is -0.775. The average molecular weight is 469 g/mol. The number of Topliss-reactive ketones (excluding diaryl/α,β-unsaturated/α-hetero) is 1. The summed E-state index contributed by atoms with van der Waals surface area (Å²) in [6.07, 6.45) is 0. The quantitative estimate of drug-likeness (QED) is 0.215. The molecule has 5 nitrogen and oxygen atoms in total. The minimum absolute atomic E-state index is 0.0745. The molecule has 3 aromatic carbocycles. The largest absolute Gasteiger partial charge is 0.507 e. The Morgan fingerprint density at radius 3 is 2.29 bits per heavy atom. The molecule has 1 aromatic heterocycles. The maximum atomic E-state index is 13.3. The van der Waals surface area contributed by atoms with Crippen LogP contribution in [0.2, 0.25) is 0 Å². The lowest BCUT2D eigenvalue weighted by molar-refractivity contribution is -0.132. The van der Waals surface area contributed by atoms with Crippen LogP contribution in [0.15, 0.2) is 78.4 Å². The van der Waals surface area contributed by atoms with Gasteiger partial charge in [-0.3, -0.25) is 14.5 Å². The zero-order valence-corrected chi connectivity index (χ0v) is 20.0. The van der Waals surface area contributed by atoms with Crippen molar-refractivity contribution in [2.45, 2.75) is 32.7 Å². The van der Waals surface area contributed by atoms with Crippen LogP contribution in [0.1, 0.15) is 48.1 Å². The first-order valence-corrected chi connectivity index (χ1v) is 12.0. The van der Waals surface area contributed by atoms with Crippen molar-refractivity contribution in [1.29, 1.82) is 0 Å². The van der Waals surface area contributed by atoms with Crippen LogP contribution >= 0.6 is 11.3 Å². The lowest BCUT2D eigenvalue weighted by atomic mass is 9.93. The normalized spacial score (nSPS) is 17.8. The molecule has 1 aliphatic heterocycles. The molecule has 1 saturated heterocycles. The van der Waals surface area contributed by atoms with Gasteiger partial charge < -0.3 is 5.11 Å². The third-order valence-corrected chi connectivity index (χ3v) is 7.21. The SMILES string of the molecule is Cc1ccc(/C(O)=C2\C(=O)C(=O)N(c3nc4ccccc4s3)[C@H]2c2ccc(C(C)C)cc2)cc1. The summed E-state index contributed by atoms with van der Waals surface area (Å²) >= 11 is 1.36. The molecule has 0 radical (unpaired) electrons. The summed E-state index contributed by atoms with van der Waals surface area (Å²) in [7, 11) is 0. The molecule has 6 heteroatoms. The molecule has 1 amide bonds. The topological polar surface area (TPSA) is 70.5 Å². The molecule has 1 N–H and O–H groups in total. The molecule has 1 fully saturated rings. The van der Waals surface area contributed by atoms with Crippen LogP contribution in [0.3, 0.4) is 0 Å². The summed E-state index contributed by atoms with van der Waals surface area (Å²) in [6, 6.07) is 22.0. The Kier molecular flexibility index (Phi) is 5.54. The van der Waals surface area contributed by atoms with E-state index in [0.717, 1.165) is 26.9 Å². The van der Waals surface area contributed by atoms with Crippen molar-refractivity contribution in [2.75, 3.05) is 4.90 Å². The molecular weight excluding hydrogens is 444 g/mol. The van der Waals surface area contributed by atoms with Gasteiger partial charge in [-0.1, -0.05) is 91.4 Å². The zero-order chi connectivity index (χ0) is 24.0. The Morgan fingerprint density at radius 2 is 1.65 bits per heavy atom. The van der Waals surface area contributed by atoms with Crippen molar-refractivity contribution in [3.63, 3.8) is 0 Å². The van der Waals surface area contributed by atoms with Crippen molar-refractivity contribution in [3.05, 3.63) is 101 Å². The van der Waals surface area contributed by atoms with Crippen molar-refractivity contribution < 1.29 is 14.7 Å². The van der Waals surface area contributed by atoms with Crippen molar-refractivity contribution >= 4 is 44.1 Å². The van der Waals surface area contributed by atoms with E-state index in [1.165, 1.54) is 16.2 Å². The van der Waals surface area contributed by atoms with Crippen LogP contribution in [-0.4, -0.2) is 21.8 Å². The van der Waals surface area contributed by atoms with E-state index in [9.17, 15) is 14.7 Å². The van der Waals surface area contributed by atoms with Crippen LogP contribution in [0.4, 0.5) is 5.13 Å². The Bertz CT molecular complexity index is 1400. The molecule has 170 valence electrons. The third kappa shape index (κ3) is 3.70. The van der Waals surface area contributed by atoms with E-state index in [1.54, 1.807) is 12.1 Å². The Morgan fingerprint density at radius 1 is 0.971 bits per heavy atom. The molecule has 0 spiro atoms. The smallest absolute Gasteiger partial charge is 0.301 e. The van der Waals surface area contributed by atoms with Crippen LogP contribution in [0.25, 0.3) is 16.0 Å². The van der Waals surface area contributed by atoms with E-state index in [0.29, 0.717) is 16.6 Å². The summed E-state index contributed by atoms with van der Waals surface area (Å²) in [6.45, 7) is 6.17. The number of amides is 1. The second-order valence-electron chi connectivity index (χ2n) is 8.82. The first-order valence-electron chi connectivity index (χ1n) is 11.2. The summed E-state index contributed by atoms with van der Waals surface area (Å²) < 4.78 is 0.923. The monoisotopic (exact) mass is 468 g/mol. The number of nitrogens with zero attached hydrogens (tertiary/aromatic N) is 2. The minimum Gasteiger partial charge on any atom is -0.507 e. The molecule has 34 heavy (non-hydrogen) atoms. The van der Waals surface area contributed by atoms with E-state index < -0.39 is 17.7 Å². The first-order chi connectivity index (χ1) is 16.3. The van der Waals surface area contributed by atoms with Crippen LogP contribution < -0.4 is 4.90 Å². The van der Waals surface area contributed by atoms with Crippen LogP contribution in [-0.2, 0) is 9.59 Å². The number of hydrogen-bond donors (Lipinski definition) is 1. The number of para-hydroxylation sites is 1. The van der Waals surface area contributed by atoms with E-state index >= 15 is 0 Å². The second-order valence-corrected chi connectivity index (χ2v) is 9.83. The van der Waals surface area contributed by atoms with Gasteiger partial charge in [0.15, 0.2) is 5.13 Å². The number of fused-ring (bicyclic) bond motifs is 1. The first kappa shape index (κ1) is 22.0. The number of aliphatic hydroxyl groups excluding tert-OH is 1. The molecule has 0 unspecified atom stereocenters. The summed E-state index contributed by atoms with van der Waals surface area (Å²) in [5.41, 5.74) is 4.27. The van der Waals surface area contributed by atoms with Gasteiger partial charge in [-0.2, -0.15) is 0 Å². The number of rotatable bonds is 4. The average Bonchev–Trinajstić information content (AvgIpc) is 3.37. The van der Waals surface area contributed by atoms with E-state index in [4.69, 9.17) is 0 Å². The number of ketones is 1. The van der Waals surface area contributed by atoms with Gasteiger partial charge in [-0.25, -0.2) is 4.98 Å². The molecule has 4 aromatic rings. The number of carbonyl (C=O) groups excluding carboxylic acids is 2. The maximum Gasteiger partial charge on any atom is 0.301 e. The highest BCUT2D eigenvalue weighted by Crippen LogP contribution is 2.44.